The number of amides is 1. The van der Waals surface area contributed by atoms with E-state index in [2.05, 4.69) is 5.32 Å². The molecule has 0 saturated carbocycles. The van der Waals surface area contributed by atoms with Crippen LogP contribution in [0.1, 0.15) is 19.3 Å². The van der Waals surface area contributed by atoms with Crippen molar-refractivity contribution in [3.05, 3.63) is 24.3 Å². The lowest BCUT2D eigenvalue weighted by molar-refractivity contribution is -0.116. The van der Waals surface area contributed by atoms with E-state index in [1.165, 1.54) is 0 Å². The predicted octanol–water partition coefficient (Wildman–Crippen LogP) is 2.04. The molecule has 110 valence electrons. The van der Waals surface area contributed by atoms with Gasteiger partial charge in [-0.15, -0.1) is 0 Å². The van der Waals surface area contributed by atoms with Gasteiger partial charge in [-0.1, -0.05) is 12.1 Å². The molecular formula is C15H22N2O3. The van der Waals surface area contributed by atoms with E-state index in [-0.39, 0.29) is 5.91 Å². The summed E-state index contributed by atoms with van der Waals surface area (Å²) < 4.78 is 10.8. The Morgan fingerprint density at radius 1 is 1.45 bits per heavy atom. The topological polar surface area (TPSA) is 73.6 Å². The van der Waals surface area contributed by atoms with Crippen molar-refractivity contribution in [2.24, 2.45) is 5.92 Å². The predicted molar refractivity (Wildman–Crippen MR) is 78.5 cm³/mol. The molecule has 0 aromatic heterocycles. The maximum Gasteiger partial charge on any atom is 0.224 e. The summed E-state index contributed by atoms with van der Waals surface area (Å²) in [5, 5.41) is 2.80. The fraction of sp³-hybridized carbons (Fsp3) is 0.533. The lowest BCUT2D eigenvalue weighted by Gasteiger charge is -2.09. The summed E-state index contributed by atoms with van der Waals surface area (Å²) in [7, 11) is 0. The Morgan fingerprint density at radius 3 is 3.05 bits per heavy atom. The average molecular weight is 278 g/mol. The van der Waals surface area contributed by atoms with E-state index in [0.717, 1.165) is 26.2 Å². The molecule has 3 N–H and O–H groups in total. The number of rotatable bonds is 7. The monoisotopic (exact) mass is 278 g/mol. The molecule has 1 saturated heterocycles. The molecule has 1 aliphatic heterocycles. The average Bonchev–Trinajstić information content (AvgIpc) is 2.94. The Hall–Kier alpha value is -1.59. The summed E-state index contributed by atoms with van der Waals surface area (Å²) in [6.45, 7) is 2.98. The van der Waals surface area contributed by atoms with Crippen molar-refractivity contribution in [1.29, 1.82) is 0 Å². The second kappa shape index (κ2) is 7.87. The van der Waals surface area contributed by atoms with Crippen LogP contribution in [0.4, 0.5) is 11.4 Å². The highest BCUT2D eigenvalue weighted by Gasteiger charge is 2.15. The molecule has 1 unspecified atom stereocenters. The van der Waals surface area contributed by atoms with Crippen LogP contribution in [0, 0.1) is 5.92 Å². The smallest absolute Gasteiger partial charge is 0.224 e. The first-order chi connectivity index (χ1) is 9.75. The normalized spacial score (nSPS) is 18.1. The number of nitrogens with two attached hydrogens (primary N) is 1. The van der Waals surface area contributed by atoms with Gasteiger partial charge in [0.05, 0.1) is 24.6 Å². The Kier molecular flexibility index (Phi) is 5.83. The molecule has 0 bridgehead atoms. The van der Waals surface area contributed by atoms with Crippen molar-refractivity contribution in [2.75, 3.05) is 37.5 Å². The Balaban J connectivity index is 1.57. The summed E-state index contributed by atoms with van der Waals surface area (Å²) >= 11 is 0. The first kappa shape index (κ1) is 14.8. The van der Waals surface area contributed by atoms with Gasteiger partial charge in [0.2, 0.25) is 5.91 Å². The first-order valence-corrected chi connectivity index (χ1v) is 7.05. The van der Waals surface area contributed by atoms with Crippen LogP contribution >= 0.6 is 0 Å². The van der Waals surface area contributed by atoms with E-state index in [1.54, 1.807) is 12.1 Å². The molecular weight excluding hydrogens is 256 g/mol. The Labute approximate surface area is 119 Å². The third-order valence-electron chi connectivity index (χ3n) is 3.30. The number of ether oxygens (including phenoxy) is 2. The molecule has 1 fully saturated rings. The summed E-state index contributed by atoms with van der Waals surface area (Å²) in [4.78, 5) is 11.7. The number of hydrogen-bond donors (Lipinski definition) is 2. The fourth-order valence-electron chi connectivity index (χ4n) is 2.12. The number of carbonyl (C=O) groups excluding carboxylic acids is 1. The van der Waals surface area contributed by atoms with E-state index in [4.69, 9.17) is 15.2 Å². The van der Waals surface area contributed by atoms with Crippen LogP contribution in [0.25, 0.3) is 0 Å². The minimum absolute atomic E-state index is 0.0318. The van der Waals surface area contributed by atoms with Crippen molar-refractivity contribution < 1.29 is 14.3 Å². The number of carbonyl (C=O) groups is 1. The number of anilines is 2. The molecule has 0 aliphatic carbocycles. The van der Waals surface area contributed by atoms with Crippen LogP contribution in [-0.2, 0) is 14.3 Å². The van der Waals surface area contributed by atoms with Crippen molar-refractivity contribution in [1.82, 2.24) is 0 Å². The van der Waals surface area contributed by atoms with Crippen LogP contribution in [0.15, 0.2) is 24.3 Å². The van der Waals surface area contributed by atoms with Gasteiger partial charge in [0.15, 0.2) is 0 Å². The molecule has 1 aromatic carbocycles. The fourth-order valence-corrected chi connectivity index (χ4v) is 2.12. The zero-order chi connectivity index (χ0) is 14.2. The number of para-hydroxylation sites is 2. The molecule has 1 heterocycles. The molecule has 2 rings (SSSR count). The van der Waals surface area contributed by atoms with Gasteiger partial charge in [0, 0.05) is 25.6 Å². The summed E-state index contributed by atoms with van der Waals surface area (Å²) in [6, 6.07) is 7.25. The zero-order valence-electron chi connectivity index (χ0n) is 11.6. The van der Waals surface area contributed by atoms with Crippen molar-refractivity contribution in [3.8, 4) is 0 Å². The Bertz CT molecular complexity index is 431. The van der Waals surface area contributed by atoms with Crippen LogP contribution in [0.3, 0.4) is 0 Å². The van der Waals surface area contributed by atoms with Crippen molar-refractivity contribution in [3.63, 3.8) is 0 Å². The SMILES string of the molecule is Nc1ccccc1NC(=O)CCCOCC1CCOC1. The van der Waals surface area contributed by atoms with Crippen LogP contribution in [0.5, 0.6) is 0 Å². The third kappa shape index (κ3) is 4.83. The lowest BCUT2D eigenvalue weighted by atomic mass is 10.1. The van der Waals surface area contributed by atoms with E-state index in [0.29, 0.717) is 36.7 Å². The first-order valence-electron chi connectivity index (χ1n) is 7.05. The highest BCUT2D eigenvalue weighted by atomic mass is 16.5. The van der Waals surface area contributed by atoms with Crippen LogP contribution in [-0.4, -0.2) is 32.3 Å². The minimum Gasteiger partial charge on any atom is -0.397 e. The second-order valence-corrected chi connectivity index (χ2v) is 5.04. The van der Waals surface area contributed by atoms with E-state index in [1.807, 2.05) is 12.1 Å². The van der Waals surface area contributed by atoms with Crippen LogP contribution in [0.2, 0.25) is 0 Å². The second-order valence-electron chi connectivity index (χ2n) is 5.04. The third-order valence-corrected chi connectivity index (χ3v) is 3.30. The van der Waals surface area contributed by atoms with E-state index < -0.39 is 0 Å². The maximum atomic E-state index is 11.7. The maximum absolute atomic E-state index is 11.7. The molecule has 1 amide bonds. The molecule has 5 nitrogen and oxygen atoms in total. The summed E-state index contributed by atoms with van der Waals surface area (Å²) in [5.74, 6) is 0.489. The summed E-state index contributed by atoms with van der Waals surface area (Å²) in [6.07, 6.45) is 2.23. The number of hydrogen-bond acceptors (Lipinski definition) is 4. The van der Waals surface area contributed by atoms with E-state index >= 15 is 0 Å². The molecule has 1 atom stereocenters. The zero-order valence-corrected chi connectivity index (χ0v) is 11.6. The van der Waals surface area contributed by atoms with Gasteiger partial charge in [-0.3, -0.25) is 4.79 Å². The molecule has 5 heteroatoms. The lowest BCUT2D eigenvalue weighted by Crippen LogP contribution is -2.14. The van der Waals surface area contributed by atoms with Gasteiger partial charge >= 0.3 is 0 Å². The molecule has 1 aromatic rings. The quantitative estimate of drug-likeness (QED) is 0.591. The highest BCUT2D eigenvalue weighted by molar-refractivity contribution is 5.93. The van der Waals surface area contributed by atoms with Crippen molar-refractivity contribution >= 4 is 17.3 Å². The summed E-state index contributed by atoms with van der Waals surface area (Å²) in [5.41, 5.74) is 7.01. The van der Waals surface area contributed by atoms with E-state index in [9.17, 15) is 4.79 Å². The molecule has 0 radical (unpaired) electrons. The van der Waals surface area contributed by atoms with Gasteiger partial charge in [0.25, 0.3) is 0 Å². The number of nitrogen functional groups attached to an aromatic ring is 1. The van der Waals surface area contributed by atoms with Crippen molar-refractivity contribution in [2.45, 2.75) is 19.3 Å². The standard InChI is InChI=1S/C15H22N2O3/c16-13-4-1-2-5-14(13)17-15(18)6-3-8-19-10-12-7-9-20-11-12/h1-2,4-5,12H,3,6-11,16H2,(H,17,18). The Morgan fingerprint density at radius 2 is 2.30 bits per heavy atom. The number of benzene rings is 1. The van der Waals surface area contributed by atoms with Gasteiger partial charge in [0.1, 0.15) is 0 Å². The van der Waals surface area contributed by atoms with Gasteiger partial charge in [-0.2, -0.15) is 0 Å². The highest BCUT2D eigenvalue weighted by Crippen LogP contribution is 2.17. The van der Waals surface area contributed by atoms with Gasteiger partial charge < -0.3 is 20.5 Å². The molecule has 0 spiro atoms. The minimum atomic E-state index is -0.0318. The molecule has 1 aliphatic rings. The van der Waals surface area contributed by atoms with Gasteiger partial charge in [-0.05, 0) is 25.0 Å². The largest absolute Gasteiger partial charge is 0.397 e. The van der Waals surface area contributed by atoms with Crippen LogP contribution < -0.4 is 11.1 Å². The molecule has 20 heavy (non-hydrogen) atoms. The van der Waals surface area contributed by atoms with Gasteiger partial charge in [-0.25, -0.2) is 0 Å². The number of nitrogens with one attached hydrogen (secondary N) is 1.